The van der Waals surface area contributed by atoms with E-state index < -0.39 is 17.1 Å². The van der Waals surface area contributed by atoms with Gasteiger partial charge in [0.05, 0.1) is 29.2 Å². The Morgan fingerprint density at radius 3 is 2.81 bits per heavy atom. The van der Waals surface area contributed by atoms with Crippen LogP contribution in [0.4, 0.5) is 0 Å². The first-order valence-electron chi connectivity index (χ1n) is 7.95. The van der Waals surface area contributed by atoms with Crippen LogP contribution in [0.3, 0.4) is 0 Å². The number of aromatic amines is 1. The number of aromatic nitrogens is 3. The molecular formula is C18H16ClN3O4. The molecule has 0 bridgehead atoms. The predicted molar refractivity (Wildman–Crippen MR) is 97.2 cm³/mol. The molecule has 1 N–H and O–H groups in total. The van der Waals surface area contributed by atoms with Crippen LogP contribution in [-0.4, -0.2) is 20.7 Å². The Balaban J connectivity index is 1.67. The van der Waals surface area contributed by atoms with Gasteiger partial charge < -0.3 is 4.74 Å². The Morgan fingerprint density at radius 1 is 1.23 bits per heavy atom. The van der Waals surface area contributed by atoms with Crippen LogP contribution < -0.4 is 11.1 Å². The summed E-state index contributed by atoms with van der Waals surface area (Å²) < 4.78 is 6.28. The standard InChI is InChI=1S/C18H16ClN3O4/c1-11-12-4-2-3-5-13(12)20-14(18(11)19)10-26-17(25)8-9-22-16(24)7-6-15(23)21-22/h2-7H,8-10H2,1H3,(H,21,23). The Kier molecular flexibility index (Phi) is 5.18. The fourth-order valence-corrected chi connectivity index (χ4v) is 2.76. The number of aryl methyl sites for hydroxylation is 2. The maximum Gasteiger partial charge on any atom is 0.308 e. The van der Waals surface area contributed by atoms with Crippen molar-refractivity contribution in [3.05, 3.63) is 73.4 Å². The van der Waals surface area contributed by atoms with Gasteiger partial charge in [-0.25, -0.2) is 9.67 Å². The van der Waals surface area contributed by atoms with Gasteiger partial charge in [0.2, 0.25) is 0 Å². The molecule has 1 aromatic carbocycles. The van der Waals surface area contributed by atoms with Crippen molar-refractivity contribution < 1.29 is 9.53 Å². The number of ether oxygens (including phenoxy) is 1. The second-order valence-electron chi connectivity index (χ2n) is 5.72. The van der Waals surface area contributed by atoms with Gasteiger partial charge in [-0.2, -0.15) is 0 Å². The lowest BCUT2D eigenvalue weighted by Crippen LogP contribution is -2.29. The minimum absolute atomic E-state index is 0.0195. The third-order valence-electron chi connectivity index (χ3n) is 3.94. The van der Waals surface area contributed by atoms with Crippen molar-refractivity contribution in [2.45, 2.75) is 26.5 Å². The van der Waals surface area contributed by atoms with Gasteiger partial charge in [-0.1, -0.05) is 29.8 Å². The van der Waals surface area contributed by atoms with E-state index in [4.69, 9.17) is 16.3 Å². The molecule has 0 aliphatic rings. The maximum atomic E-state index is 11.9. The number of para-hydroxylation sites is 1. The summed E-state index contributed by atoms with van der Waals surface area (Å²) in [4.78, 5) is 39.2. The number of rotatable bonds is 5. The molecule has 26 heavy (non-hydrogen) atoms. The van der Waals surface area contributed by atoms with Crippen molar-refractivity contribution >= 4 is 28.5 Å². The number of pyridine rings is 1. The predicted octanol–water partition coefficient (Wildman–Crippen LogP) is 2.18. The first-order chi connectivity index (χ1) is 12.5. The molecule has 0 spiro atoms. The van der Waals surface area contributed by atoms with E-state index in [0.717, 1.165) is 33.3 Å². The van der Waals surface area contributed by atoms with Crippen molar-refractivity contribution in [2.24, 2.45) is 0 Å². The van der Waals surface area contributed by atoms with Gasteiger partial charge in [0.25, 0.3) is 11.1 Å². The lowest BCUT2D eigenvalue weighted by Gasteiger charge is -2.11. The molecule has 0 unspecified atom stereocenters. The number of halogens is 1. The monoisotopic (exact) mass is 373 g/mol. The zero-order valence-corrected chi connectivity index (χ0v) is 14.7. The number of hydrogen-bond donors (Lipinski definition) is 1. The zero-order chi connectivity index (χ0) is 18.7. The van der Waals surface area contributed by atoms with Crippen LogP contribution in [0.1, 0.15) is 17.7 Å². The maximum absolute atomic E-state index is 11.9. The number of hydrogen-bond acceptors (Lipinski definition) is 5. The molecule has 3 aromatic rings. The van der Waals surface area contributed by atoms with Crippen LogP contribution >= 0.6 is 11.6 Å². The molecule has 0 saturated carbocycles. The molecule has 0 fully saturated rings. The van der Waals surface area contributed by atoms with Crippen molar-refractivity contribution in [3.8, 4) is 0 Å². The average molecular weight is 374 g/mol. The molecule has 134 valence electrons. The quantitative estimate of drug-likeness (QED) is 0.692. The van der Waals surface area contributed by atoms with Gasteiger partial charge in [-0.05, 0) is 18.6 Å². The minimum atomic E-state index is -0.523. The highest BCUT2D eigenvalue weighted by Gasteiger charge is 2.12. The van der Waals surface area contributed by atoms with Gasteiger partial charge in [0.15, 0.2) is 0 Å². The van der Waals surface area contributed by atoms with E-state index in [1.54, 1.807) is 0 Å². The highest BCUT2D eigenvalue weighted by atomic mass is 35.5. The Labute approximate surface area is 153 Å². The lowest BCUT2D eigenvalue weighted by atomic mass is 10.1. The Morgan fingerprint density at radius 2 is 2.00 bits per heavy atom. The molecular weight excluding hydrogens is 358 g/mol. The Hall–Kier alpha value is -2.93. The van der Waals surface area contributed by atoms with E-state index in [0.29, 0.717) is 10.7 Å². The molecule has 0 aliphatic carbocycles. The molecule has 3 rings (SSSR count). The SMILES string of the molecule is Cc1c(Cl)c(COC(=O)CCn2[nH]c(=O)ccc2=O)nc2ccccc12. The fraction of sp³-hybridized carbons (Fsp3) is 0.222. The second kappa shape index (κ2) is 7.53. The first kappa shape index (κ1) is 17.9. The zero-order valence-electron chi connectivity index (χ0n) is 14.0. The fourth-order valence-electron chi connectivity index (χ4n) is 2.57. The minimum Gasteiger partial charge on any atom is -0.459 e. The highest BCUT2D eigenvalue weighted by Crippen LogP contribution is 2.27. The van der Waals surface area contributed by atoms with E-state index in [1.807, 2.05) is 31.2 Å². The normalized spacial score (nSPS) is 10.8. The highest BCUT2D eigenvalue weighted by molar-refractivity contribution is 6.32. The summed E-state index contributed by atoms with van der Waals surface area (Å²) in [6.07, 6.45) is -0.0654. The van der Waals surface area contributed by atoms with E-state index >= 15 is 0 Å². The number of carbonyl (C=O) groups is 1. The largest absolute Gasteiger partial charge is 0.459 e. The smallest absolute Gasteiger partial charge is 0.308 e. The van der Waals surface area contributed by atoms with Crippen LogP contribution in [0.25, 0.3) is 10.9 Å². The number of benzene rings is 1. The number of carbonyl (C=O) groups excluding carboxylic acids is 1. The topological polar surface area (TPSA) is 94.0 Å². The molecule has 0 atom stereocenters. The van der Waals surface area contributed by atoms with Crippen molar-refractivity contribution in [2.75, 3.05) is 0 Å². The molecule has 7 nitrogen and oxygen atoms in total. The third-order valence-corrected chi connectivity index (χ3v) is 4.45. The molecule has 2 heterocycles. The van der Waals surface area contributed by atoms with Crippen LogP contribution in [-0.2, 0) is 22.7 Å². The molecule has 0 aliphatic heterocycles. The van der Waals surface area contributed by atoms with E-state index in [1.165, 1.54) is 0 Å². The van der Waals surface area contributed by atoms with Crippen LogP contribution in [0.2, 0.25) is 5.02 Å². The first-order valence-corrected chi connectivity index (χ1v) is 8.33. The van der Waals surface area contributed by atoms with E-state index in [-0.39, 0.29) is 19.6 Å². The number of nitrogens with one attached hydrogen (secondary N) is 1. The Bertz CT molecular complexity index is 1090. The van der Waals surface area contributed by atoms with E-state index in [9.17, 15) is 14.4 Å². The van der Waals surface area contributed by atoms with E-state index in [2.05, 4.69) is 10.1 Å². The molecule has 0 saturated heterocycles. The van der Waals surface area contributed by atoms with Crippen molar-refractivity contribution in [3.63, 3.8) is 0 Å². The summed E-state index contributed by atoms with van der Waals surface area (Å²) in [6.45, 7) is 1.84. The van der Waals surface area contributed by atoms with Gasteiger partial charge in [0, 0.05) is 17.5 Å². The summed E-state index contributed by atoms with van der Waals surface area (Å²) in [6, 6.07) is 9.85. The molecule has 0 radical (unpaired) electrons. The van der Waals surface area contributed by atoms with Gasteiger partial charge >= 0.3 is 5.97 Å². The number of fused-ring (bicyclic) bond motifs is 1. The molecule has 8 heteroatoms. The average Bonchev–Trinajstić information content (AvgIpc) is 2.64. The van der Waals surface area contributed by atoms with Gasteiger partial charge in [0.1, 0.15) is 6.61 Å². The lowest BCUT2D eigenvalue weighted by molar-refractivity contribution is -0.145. The van der Waals surface area contributed by atoms with Gasteiger partial charge in [-0.15, -0.1) is 0 Å². The molecule has 0 amide bonds. The second-order valence-corrected chi connectivity index (χ2v) is 6.10. The van der Waals surface area contributed by atoms with Crippen LogP contribution in [0, 0.1) is 6.92 Å². The summed E-state index contributed by atoms with van der Waals surface area (Å²) in [7, 11) is 0. The number of nitrogens with zero attached hydrogens (tertiary/aromatic N) is 2. The summed E-state index contributed by atoms with van der Waals surface area (Å²) in [5.41, 5.74) is 1.31. The molecule has 2 aromatic heterocycles. The van der Waals surface area contributed by atoms with Crippen LogP contribution in [0.15, 0.2) is 46.0 Å². The van der Waals surface area contributed by atoms with Crippen molar-refractivity contribution in [1.29, 1.82) is 0 Å². The summed E-state index contributed by atoms with van der Waals surface area (Å²) >= 11 is 6.33. The summed E-state index contributed by atoms with van der Waals surface area (Å²) in [5, 5.41) is 3.75. The number of H-pyrrole nitrogens is 1. The van der Waals surface area contributed by atoms with Crippen molar-refractivity contribution in [1.82, 2.24) is 14.8 Å². The number of esters is 1. The van der Waals surface area contributed by atoms with Crippen LogP contribution in [0.5, 0.6) is 0 Å². The van der Waals surface area contributed by atoms with Gasteiger partial charge in [-0.3, -0.25) is 19.5 Å². The third kappa shape index (κ3) is 3.83. The summed E-state index contributed by atoms with van der Waals surface area (Å²) in [5.74, 6) is -0.523.